The quantitative estimate of drug-likeness (QED) is 0.690. The van der Waals surface area contributed by atoms with Gasteiger partial charge in [0.1, 0.15) is 4.90 Å². The van der Waals surface area contributed by atoms with E-state index in [1.165, 1.54) is 28.7 Å². The van der Waals surface area contributed by atoms with E-state index in [1.54, 1.807) is 12.1 Å². The van der Waals surface area contributed by atoms with E-state index < -0.39 is 10.0 Å². The third-order valence-electron chi connectivity index (χ3n) is 5.17. The van der Waals surface area contributed by atoms with Crippen molar-refractivity contribution in [1.29, 1.82) is 0 Å². The number of carbonyl (C=O) groups is 1. The number of hydrogen-bond donors (Lipinski definition) is 0. The zero-order chi connectivity index (χ0) is 18.6. The number of likely N-dealkylation sites (tertiary alicyclic amines) is 1. The van der Waals surface area contributed by atoms with Gasteiger partial charge >= 0.3 is 0 Å². The number of piperidine rings is 1. The van der Waals surface area contributed by atoms with Crippen LogP contribution >= 0.6 is 11.8 Å². The molecule has 0 aromatic carbocycles. The van der Waals surface area contributed by atoms with Gasteiger partial charge in [0, 0.05) is 31.9 Å². The fourth-order valence-electron chi connectivity index (χ4n) is 3.65. The molecule has 1 aromatic heterocycles. The minimum absolute atomic E-state index is 0.150. The SMILES string of the molecule is CCC1CCCCN1C(=O)CSc1ccc(S(=O)(=O)N2CCCC2)cn1. The summed E-state index contributed by atoms with van der Waals surface area (Å²) < 4.78 is 26.5. The highest BCUT2D eigenvalue weighted by atomic mass is 32.2. The van der Waals surface area contributed by atoms with Crippen molar-refractivity contribution in [2.24, 2.45) is 0 Å². The van der Waals surface area contributed by atoms with Crippen LogP contribution in [0.3, 0.4) is 0 Å². The number of sulfonamides is 1. The lowest BCUT2D eigenvalue weighted by Crippen LogP contribution is -2.44. The Labute approximate surface area is 160 Å². The van der Waals surface area contributed by atoms with E-state index in [0.717, 1.165) is 38.6 Å². The summed E-state index contributed by atoms with van der Waals surface area (Å²) in [6.07, 6.45) is 7.61. The van der Waals surface area contributed by atoms with Gasteiger partial charge in [-0.1, -0.05) is 18.7 Å². The molecule has 1 amide bonds. The first-order valence-corrected chi connectivity index (χ1v) is 11.8. The van der Waals surface area contributed by atoms with Crippen LogP contribution in [0.1, 0.15) is 45.4 Å². The molecule has 144 valence electrons. The smallest absolute Gasteiger partial charge is 0.244 e. The van der Waals surface area contributed by atoms with Crippen LogP contribution in [0.2, 0.25) is 0 Å². The number of amides is 1. The van der Waals surface area contributed by atoms with Gasteiger partial charge in [0.25, 0.3) is 0 Å². The Morgan fingerprint density at radius 2 is 1.92 bits per heavy atom. The van der Waals surface area contributed by atoms with Gasteiger partial charge in [-0.05, 0) is 50.7 Å². The highest BCUT2D eigenvalue weighted by Crippen LogP contribution is 2.24. The first-order chi connectivity index (χ1) is 12.5. The van der Waals surface area contributed by atoms with Gasteiger partial charge in [0.05, 0.1) is 10.8 Å². The van der Waals surface area contributed by atoms with Gasteiger partial charge in [-0.15, -0.1) is 0 Å². The predicted molar refractivity (Wildman–Crippen MR) is 103 cm³/mol. The fourth-order valence-corrected chi connectivity index (χ4v) is 5.85. The van der Waals surface area contributed by atoms with Crippen molar-refractivity contribution >= 4 is 27.7 Å². The van der Waals surface area contributed by atoms with Gasteiger partial charge in [-0.25, -0.2) is 13.4 Å². The number of carbonyl (C=O) groups excluding carboxylic acids is 1. The normalized spacial score (nSPS) is 21.9. The lowest BCUT2D eigenvalue weighted by molar-refractivity contribution is -0.132. The zero-order valence-corrected chi connectivity index (χ0v) is 16.9. The molecular formula is C18H27N3O3S2. The molecule has 0 spiro atoms. The van der Waals surface area contributed by atoms with Crippen molar-refractivity contribution in [3.05, 3.63) is 18.3 Å². The minimum Gasteiger partial charge on any atom is -0.339 e. The Morgan fingerprint density at radius 1 is 1.19 bits per heavy atom. The molecule has 0 aliphatic carbocycles. The summed E-state index contributed by atoms with van der Waals surface area (Å²) >= 11 is 1.38. The molecule has 6 nitrogen and oxygen atoms in total. The Hall–Kier alpha value is -1.12. The Balaban J connectivity index is 1.58. The second-order valence-corrected chi connectivity index (χ2v) is 9.81. The van der Waals surface area contributed by atoms with Crippen molar-refractivity contribution in [3.8, 4) is 0 Å². The van der Waals surface area contributed by atoms with E-state index in [9.17, 15) is 13.2 Å². The molecule has 1 aromatic rings. The van der Waals surface area contributed by atoms with Crippen LogP contribution in [-0.4, -0.2) is 59.9 Å². The molecule has 0 bridgehead atoms. The number of pyridine rings is 1. The molecule has 2 aliphatic heterocycles. The molecule has 0 radical (unpaired) electrons. The molecule has 2 aliphatic rings. The lowest BCUT2D eigenvalue weighted by Gasteiger charge is -2.35. The van der Waals surface area contributed by atoms with Gasteiger partial charge in [-0.2, -0.15) is 4.31 Å². The summed E-state index contributed by atoms with van der Waals surface area (Å²) in [4.78, 5) is 19.0. The number of hydrogen-bond acceptors (Lipinski definition) is 5. The van der Waals surface area contributed by atoms with E-state index in [4.69, 9.17) is 0 Å². The van der Waals surface area contributed by atoms with Crippen LogP contribution in [0.15, 0.2) is 28.3 Å². The second-order valence-electron chi connectivity index (χ2n) is 6.88. The highest BCUT2D eigenvalue weighted by Gasteiger charge is 2.28. The second kappa shape index (κ2) is 8.71. The van der Waals surface area contributed by atoms with Crippen LogP contribution in [0.25, 0.3) is 0 Å². The van der Waals surface area contributed by atoms with Gasteiger partial charge in [0.2, 0.25) is 15.9 Å². The topological polar surface area (TPSA) is 70.6 Å². The number of rotatable bonds is 6. The van der Waals surface area contributed by atoms with E-state index in [1.807, 2.05) is 4.90 Å². The molecule has 1 unspecified atom stereocenters. The van der Waals surface area contributed by atoms with Crippen LogP contribution in [0.5, 0.6) is 0 Å². The Kier molecular flexibility index (Phi) is 6.58. The molecule has 2 fully saturated rings. The fraction of sp³-hybridized carbons (Fsp3) is 0.667. The number of thioether (sulfide) groups is 1. The standard InChI is InChI=1S/C18H27N3O3S2/c1-2-15-7-3-4-12-21(15)18(22)14-25-17-9-8-16(13-19-17)26(23,24)20-10-5-6-11-20/h8-9,13,15H,2-7,10-12,14H2,1H3. The summed E-state index contributed by atoms with van der Waals surface area (Å²) in [5.41, 5.74) is 0. The molecule has 3 rings (SSSR count). The summed E-state index contributed by atoms with van der Waals surface area (Å²) in [7, 11) is -3.43. The minimum atomic E-state index is -3.43. The van der Waals surface area contributed by atoms with Crippen LogP contribution in [0.4, 0.5) is 0 Å². The molecule has 3 heterocycles. The third-order valence-corrected chi connectivity index (χ3v) is 7.99. The maximum Gasteiger partial charge on any atom is 0.244 e. The summed E-state index contributed by atoms with van der Waals surface area (Å²) in [6, 6.07) is 3.66. The predicted octanol–water partition coefficient (Wildman–Crippen LogP) is 2.75. The van der Waals surface area contributed by atoms with Crippen molar-refractivity contribution in [2.45, 2.75) is 61.4 Å². The van der Waals surface area contributed by atoms with Crippen molar-refractivity contribution in [1.82, 2.24) is 14.2 Å². The van der Waals surface area contributed by atoms with E-state index in [-0.39, 0.29) is 10.8 Å². The van der Waals surface area contributed by atoms with Gasteiger partial charge in [-0.3, -0.25) is 4.79 Å². The monoisotopic (exact) mass is 397 g/mol. The largest absolute Gasteiger partial charge is 0.339 e. The van der Waals surface area contributed by atoms with Crippen molar-refractivity contribution in [2.75, 3.05) is 25.4 Å². The van der Waals surface area contributed by atoms with Gasteiger partial charge < -0.3 is 4.90 Å². The van der Waals surface area contributed by atoms with E-state index in [0.29, 0.717) is 29.9 Å². The Morgan fingerprint density at radius 3 is 2.58 bits per heavy atom. The number of nitrogens with zero attached hydrogens (tertiary/aromatic N) is 3. The summed E-state index contributed by atoms with van der Waals surface area (Å²) in [5.74, 6) is 0.499. The molecular weight excluding hydrogens is 370 g/mol. The average Bonchev–Trinajstić information content (AvgIpc) is 3.22. The zero-order valence-electron chi connectivity index (χ0n) is 15.3. The van der Waals surface area contributed by atoms with E-state index >= 15 is 0 Å². The summed E-state index contributed by atoms with van der Waals surface area (Å²) in [5, 5.41) is 0.684. The van der Waals surface area contributed by atoms with Crippen molar-refractivity contribution in [3.63, 3.8) is 0 Å². The molecule has 2 saturated heterocycles. The molecule has 8 heteroatoms. The summed E-state index contributed by atoms with van der Waals surface area (Å²) in [6.45, 7) is 4.15. The number of aromatic nitrogens is 1. The van der Waals surface area contributed by atoms with E-state index in [2.05, 4.69) is 11.9 Å². The third kappa shape index (κ3) is 4.40. The molecule has 0 N–H and O–H groups in total. The molecule has 1 atom stereocenters. The van der Waals surface area contributed by atoms with Crippen LogP contribution < -0.4 is 0 Å². The Bertz CT molecular complexity index is 716. The first-order valence-electron chi connectivity index (χ1n) is 9.41. The highest BCUT2D eigenvalue weighted by molar-refractivity contribution is 7.99. The molecule has 0 saturated carbocycles. The molecule has 26 heavy (non-hydrogen) atoms. The van der Waals surface area contributed by atoms with Crippen LogP contribution in [-0.2, 0) is 14.8 Å². The lowest BCUT2D eigenvalue weighted by atomic mass is 10.0. The van der Waals surface area contributed by atoms with Crippen molar-refractivity contribution < 1.29 is 13.2 Å². The maximum atomic E-state index is 12.5. The maximum absolute atomic E-state index is 12.5. The van der Waals surface area contributed by atoms with Gasteiger partial charge in [0.15, 0.2) is 0 Å². The average molecular weight is 398 g/mol. The van der Waals surface area contributed by atoms with Crippen LogP contribution in [0, 0.1) is 0 Å². The first kappa shape index (κ1) is 19.6.